The van der Waals surface area contributed by atoms with E-state index in [9.17, 15) is 19.2 Å². The molecule has 2 aromatic carbocycles. The first-order valence-corrected chi connectivity index (χ1v) is 12.9. The summed E-state index contributed by atoms with van der Waals surface area (Å²) in [7, 11) is -1.56. The minimum absolute atomic E-state index is 0.0537. The second kappa shape index (κ2) is 13.7. The summed E-state index contributed by atoms with van der Waals surface area (Å²) in [6, 6.07) is 18.6. The van der Waals surface area contributed by atoms with E-state index in [-0.39, 0.29) is 24.8 Å². The zero-order chi connectivity index (χ0) is 25.9. The van der Waals surface area contributed by atoms with Crippen LogP contribution in [0.2, 0.25) is 0 Å². The van der Waals surface area contributed by atoms with Gasteiger partial charge in [-0.2, -0.15) is 0 Å². The van der Waals surface area contributed by atoms with Gasteiger partial charge in [0, 0.05) is 31.0 Å². The van der Waals surface area contributed by atoms with Gasteiger partial charge < -0.3 is 20.3 Å². The van der Waals surface area contributed by atoms with Crippen LogP contribution < -0.4 is 5.32 Å². The number of carbonyl (C=O) groups is 1. The van der Waals surface area contributed by atoms with Crippen molar-refractivity contribution in [1.29, 1.82) is 0 Å². The predicted molar refractivity (Wildman–Crippen MR) is 138 cm³/mol. The number of aliphatic hydroxyl groups is 1. The molecule has 1 heterocycles. The summed E-state index contributed by atoms with van der Waals surface area (Å²) in [5, 5.41) is 23.6. The molecular formula is C27H33N3O5S. The Morgan fingerprint density at radius 1 is 1.03 bits per heavy atom. The second-order valence-electron chi connectivity index (χ2n) is 8.93. The summed E-state index contributed by atoms with van der Waals surface area (Å²) in [6.45, 7) is 4.59. The summed E-state index contributed by atoms with van der Waals surface area (Å²) in [4.78, 5) is 17.1. The Bertz CT molecular complexity index is 1100. The molecule has 1 amide bonds. The van der Waals surface area contributed by atoms with E-state index >= 15 is 0 Å². The number of benzene rings is 2. The van der Waals surface area contributed by atoms with E-state index in [4.69, 9.17) is 4.74 Å². The predicted octanol–water partition coefficient (Wildman–Crippen LogP) is 3.67. The van der Waals surface area contributed by atoms with Crippen LogP contribution in [0.3, 0.4) is 0 Å². The van der Waals surface area contributed by atoms with E-state index in [0.717, 1.165) is 11.1 Å². The van der Waals surface area contributed by atoms with Crippen molar-refractivity contribution in [3.63, 3.8) is 0 Å². The number of pyridine rings is 1. The number of nitrogens with one attached hydrogen (secondary N) is 1. The van der Waals surface area contributed by atoms with Crippen LogP contribution >= 0.6 is 0 Å². The number of phenols is 1. The van der Waals surface area contributed by atoms with Crippen molar-refractivity contribution in [2.45, 2.75) is 43.9 Å². The maximum atomic E-state index is 13.3. The third-order valence-corrected chi connectivity index (χ3v) is 6.83. The first-order valence-electron chi connectivity index (χ1n) is 11.8. The van der Waals surface area contributed by atoms with Gasteiger partial charge in [-0.05, 0) is 48.2 Å². The van der Waals surface area contributed by atoms with Gasteiger partial charge in [-0.15, -0.1) is 0 Å². The molecule has 0 fully saturated rings. The van der Waals surface area contributed by atoms with E-state index in [0.29, 0.717) is 17.9 Å². The lowest BCUT2D eigenvalue weighted by Gasteiger charge is -2.30. The van der Waals surface area contributed by atoms with Crippen LogP contribution in [0.4, 0.5) is 4.79 Å². The van der Waals surface area contributed by atoms with E-state index in [2.05, 4.69) is 10.3 Å². The molecule has 0 saturated carbocycles. The molecule has 0 bridgehead atoms. The number of rotatable bonds is 12. The van der Waals surface area contributed by atoms with E-state index < -0.39 is 29.2 Å². The highest BCUT2D eigenvalue weighted by atomic mass is 32.2. The standard InChI is InChI=1S/C27H33N3O5S/c1-20(2)17-30(36(34)24-12-10-23(31)11-13-24)18-26(32)25(15-21-7-4-3-5-8-21)29-27(33)35-19-22-9-6-14-28-16-22/h3-14,16,20,25-26,31-32H,15,17-19H2,1-2H3,(H,29,33)/t25-,26+,36?/m0/s1. The van der Waals surface area contributed by atoms with Crippen molar-refractivity contribution in [3.8, 4) is 5.75 Å². The topological polar surface area (TPSA) is 112 Å². The molecule has 36 heavy (non-hydrogen) atoms. The normalized spacial score (nSPS) is 13.8. The van der Waals surface area contributed by atoms with Crippen LogP contribution in [0.5, 0.6) is 5.75 Å². The molecule has 0 aliphatic rings. The first-order chi connectivity index (χ1) is 17.3. The zero-order valence-corrected chi connectivity index (χ0v) is 21.3. The summed E-state index contributed by atoms with van der Waals surface area (Å²) < 4.78 is 20.3. The van der Waals surface area contributed by atoms with Gasteiger partial charge in [0.25, 0.3) is 0 Å². The Morgan fingerprint density at radius 2 is 1.72 bits per heavy atom. The second-order valence-corrected chi connectivity index (χ2v) is 10.4. The summed E-state index contributed by atoms with van der Waals surface area (Å²) in [6.07, 6.45) is 1.93. The SMILES string of the molecule is CC(C)CN(C[C@@H](O)[C@H](Cc1ccccc1)NC(=O)OCc1cccnc1)S(=O)c1ccc(O)cc1. The number of aromatic nitrogens is 1. The Kier molecular flexibility index (Phi) is 10.4. The third kappa shape index (κ3) is 8.75. The van der Waals surface area contributed by atoms with Gasteiger partial charge in [0.05, 0.1) is 17.0 Å². The lowest BCUT2D eigenvalue weighted by atomic mass is 10.0. The number of carbonyl (C=O) groups excluding carboxylic acids is 1. The fourth-order valence-electron chi connectivity index (χ4n) is 3.64. The Labute approximate surface area is 214 Å². The number of phenolic OH excluding ortho intramolecular Hbond substituents is 1. The molecule has 9 heteroatoms. The third-order valence-electron chi connectivity index (χ3n) is 5.39. The van der Waals surface area contributed by atoms with E-state index in [1.165, 1.54) is 12.1 Å². The fraction of sp³-hybridized carbons (Fsp3) is 0.333. The summed E-state index contributed by atoms with van der Waals surface area (Å²) >= 11 is 0. The quantitative estimate of drug-likeness (QED) is 0.342. The average Bonchev–Trinajstić information content (AvgIpc) is 2.87. The highest BCUT2D eigenvalue weighted by Gasteiger charge is 2.28. The maximum absolute atomic E-state index is 13.3. The number of aromatic hydroxyl groups is 1. The highest BCUT2D eigenvalue weighted by molar-refractivity contribution is 7.82. The van der Waals surface area contributed by atoms with Gasteiger partial charge in [-0.1, -0.05) is 50.2 Å². The van der Waals surface area contributed by atoms with Gasteiger partial charge in [-0.25, -0.2) is 13.3 Å². The zero-order valence-electron chi connectivity index (χ0n) is 20.5. The van der Waals surface area contributed by atoms with Crippen LogP contribution in [0.1, 0.15) is 25.0 Å². The molecule has 1 aromatic heterocycles. The maximum Gasteiger partial charge on any atom is 0.407 e. The van der Waals surface area contributed by atoms with Crippen molar-refractivity contribution in [2.75, 3.05) is 13.1 Å². The Balaban J connectivity index is 1.73. The molecule has 8 nitrogen and oxygen atoms in total. The largest absolute Gasteiger partial charge is 0.508 e. The fourth-order valence-corrected chi connectivity index (χ4v) is 5.03. The van der Waals surface area contributed by atoms with Gasteiger partial charge in [0.1, 0.15) is 23.3 Å². The van der Waals surface area contributed by atoms with Gasteiger partial charge in [0.15, 0.2) is 0 Å². The summed E-state index contributed by atoms with van der Waals surface area (Å²) in [5.41, 5.74) is 1.68. The highest BCUT2D eigenvalue weighted by Crippen LogP contribution is 2.18. The van der Waals surface area contributed by atoms with Crippen molar-refractivity contribution in [3.05, 3.63) is 90.3 Å². The number of nitrogens with zero attached hydrogens (tertiary/aromatic N) is 2. The Morgan fingerprint density at radius 3 is 2.36 bits per heavy atom. The number of hydrogen-bond donors (Lipinski definition) is 3. The van der Waals surface area contributed by atoms with Crippen LogP contribution in [0, 0.1) is 5.92 Å². The molecule has 0 aliphatic carbocycles. The first kappa shape index (κ1) is 27.3. The molecule has 3 rings (SSSR count). The van der Waals surface area contributed by atoms with Gasteiger partial charge in [0.2, 0.25) is 0 Å². The van der Waals surface area contributed by atoms with Crippen LogP contribution in [-0.2, 0) is 28.8 Å². The molecule has 1 unspecified atom stereocenters. The molecular weight excluding hydrogens is 478 g/mol. The lowest BCUT2D eigenvalue weighted by Crippen LogP contribution is -2.50. The van der Waals surface area contributed by atoms with Crippen molar-refractivity contribution in [1.82, 2.24) is 14.6 Å². The smallest absolute Gasteiger partial charge is 0.407 e. The van der Waals surface area contributed by atoms with Crippen molar-refractivity contribution < 1.29 is 24.0 Å². The van der Waals surface area contributed by atoms with E-state index in [1.54, 1.807) is 41.0 Å². The number of alkyl carbamates (subject to hydrolysis) is 1. The molecule has 3 atom stereocenters. The monoisotopic (exact) mass is 511 g/mol. The van der Waals surface area contributed by atoms with Crippen LogP contribution in [0.15, 0.2) is 84.0 Å². The van der Waals surface area contributed by atoms with E-state index in [1.807, 2.05) is 44.2 Å². The molecule has 0 saturated heterocycles. The average molecular weight is 512 g/mol. The number of aliphatic hydroxyl groups excluding tert-OH is 1. The molecule has 192 valence electrons. The minimum Gasteiger partial charge on any atom is -0.508 e. The van der Waals surface area contributed by atoms with Crippen LogP contribution in [-0.4, -0.2) is 55.0 Å². The lowest BCUT2D eigenvalue weighted by molar-refractivity contribution is 0.0882. The minimum atomic E-state index is -1.56. The van der Waals surface area contributed by atoms with Crippen molar-refractivity contribution in [2.24, 2.45) is 5.92 Å². The molecule has 0 spiro atoms. The number of hydrogen-bond acceptors (Lipinski definition) is 6. The molecule has 0 radical (unpaired) electrons. The van der Waals surface area contributed by atoms with Crippen molar-refractivity contribution >= 4 is 17.1 Å². The Hall–Kier alpha value is -3.27. The number of amides is 1. The van der Waals surface area contributed by atoms with Gasteiger partial charge >= 0.3 is 6.09 Å². The van der Waals surface area contributed by atoms with Crippen LogP contribution in [0.25, 0.3) is 0 Å². The molecule has 3 N–H and O–H groups in total. The molecule has 3 aromatic rings. The number of ether oxygens (including phenoxy) is 1. The summed E-state index contributed by atoms with van der Waals surface area (Å²) in [5.74, 6) is 0.270. The van der Waals surface area contributed by atoms with Gasteiger partial charge in [-0.3, -0.25) is 4.98 Å². The molecule has 0 aliphatic heterocycles.